The number of rotatable bonds is 5. The lowest BCUT2D eigenvalue weighted by atomic mass is 9.74. The zero-order valence-electron chi connectivity index (χ0n) is 12.9. The van der Waals surface area contributed by atoms with Crippen molar-refractivity contribution < 1.29 is 4.21 Å². The highest BCUT2D eigenvalue weighted by Gasteiger charge is 2.39. The number of aryl methyl sites for hydroxylation is 1. The highest BCUT2D eigenvalue weighted by Crippen LogP contribution is 2.35. The lowest BCUT2D eigenvalue weighted by Crippen LogP contribution is -2.51. The van der Waals surface area contributed by atoms with Crippen LogP contribution in [0.4, 0.5) is 0 Å². The Morgan fingerprint density at radius 2 is 1.90 bits per heavy atom. The molecule has 21 heavy (non-hydrogen) atoms. The van der Waals surface area contributed by atoms with Gasteiger partial charge in [-0.1, -0.05) is 43.9 Å². The van der Waals surface area contributed by atoms with Gasteiger partial charge in [-0.3, -0.25) is 0 Å². The zero-order chi connectivity index (χ0) is 15.3. The highest BCUT2D eigenvalue weighted by atomic mass is 32.2. The maximum Gasteiger partial charge on any atom is 0.126 e. The Bertz CT molecular complexity index is 529. The van der Waals surface area contributed by atoms with Crippen molar-refractivity contribution in [3.8, 4) is 6.07 Å². The van der Waals surface area contributed by atoms with E-state index in [0.29, 0.717) is 12.3 Å². The minimum absolute atomic E-state index is 0.302. The van der Waals surface area contributed by atoms with Gasteiger partial charge >= 0.3 is 0 Å². The Morgan fingerprint density at radius 3 is 2.43 bits per heavy atom. The molecular formula is C17H24N2OS. The lowest BCUT2D eigenvalue weighted by molar-refractivity contribution is 0.233. The van der Waals surface area contributed by atoms with E-state index in [0.717, 1.165) is 23.3 Å². The van der Waals surface area contributed by atoms with Gasteiger partial charge in [0.1, 0.15) is 16.5 Å². The second kappa shape index (κ2) is 7.20. The van der Waals surface area contributed by atoms with Crippen LogP contribution in [-0.2, 0) is 11.0 Å². The summed E-state index contributed by atoms with van der Waals surface area (Å²) in [5.74, 6) is 0.302. The minimum atomic E-state index is -1.34. The first kappa shape index (κ1) is 16.2. The molecule has 1 aromatic rings. The molecule has 0 unspecified atom stereocenters. The molecule has 1 aliphatic carbocycles. The number of hydrogen-bond donors (Lipinski definition) is 1. The monoisotopic (exact) mass is 304 g/mol. The van der Waals surface area contributed by atoms with Crippen molar-refractivity contribution in [1.82, 2.24) is 4.72 Å². The molecule has 0 heterocycles. The van der Waals surface area contributed by atoms with Gasteiger partial charge < -0.3 is 0 Å². The summed E-state index contributed by atoms with van der Waals surface area (Å²) in [6.45, 7) is 4.02. The third-order valence-corrected chi connectivity index (χ3v) is 5.82. The Labute approximate surface area is 130 Å². The smallest absolute Gasteiger partial charge is 0.126 e. The summed E-state index contributed by atoms with van der Waals surface area (Å²) in [7, 11) is -1.34. The molecule has 3 nitrogen and oxygen atoms in total. The van der Waals surface area contributed by atoms with E-state index >= 15 is 0 Å². The van der Waals surface area contributed by atoms with Crippen LogP contribution in [0.15, 0.2) is 29.2 Å². The molecule has 1 aliphatic rings. The fourth-order valence-corrected chi connectivity index (χ4v) is 4.31. The summed E-state index contributed by atoms with van der Waals surface area (Å²) in [6.07, 6.45) is 6.40. The van der Waals surface area contributed by atoms with E-state index in [2.05, 4.69) is 10.8 Å². The minimum Gasteiger partial charge on any atom is -0.237 e. The topological polar surface area (TPSA) is 52.9 Å². The lowest BCUT2D eigenvalue weighted by Gasteiger charge is -2.37. The number of hydrogen-bond acceptors (Lipinski definition) is 2. The van der Waals surface area contributed by atoms with Crippen molar-refractivity contribution in [2.24, 2.45) is 5.92 Å². The Balaban J connectivity index is 2.17. The molecule has 1 fully saturated rings. The quantitative estimate of drug-likeness (QED) is 0.898. The Kier molecular flexibility index (Phi) is 5.55. The third-order valence-electron chi connectivity index (χ3n) is 4.57. The van der Waals surface area contributed by atoms with E-state index < -0.39 is 16.5 Å². The fourth-order valence-electron chi connectivity index (χ4n) is 3.12. The fraction of sp³-hybridized carbons (Fsp3) is 0.588. The van der Waals surface area contributed by atoms with Crippen molar-refractivity contribution in [2.45, 2.75) is 62.8 Å². The molecule has 1 aromatic carbocycles. The van der Waals surface area contributed by atoms with E-state index in [1.54, 1.807) is 0 Å². The largest absolute Gasteiger partial charge is 0.237 e. The van der Waals surface area contributed by atoms with Gasteiger partial charge in [-0.2, -0.15) is 5.26 Å². The van der Waals surface area contributed by atoms with Gasteiger partial charge in [0.2, 0.25) is 0 Å². The second-order valence-electron chi connectivity index (χ2n) is 5.96. The van der Waals surface area contributed by atoms with Gasteiger partial charge in [-0.25, -0.2) is 8.93 Å². The molecule has 0 aromatic heterocycles. The Morgan fingerprint density at radius 1 is 1.29 bits per heavy atom. The summed E-state index contributed by atoms with van der Waals surface area (Å²) >= 11 is 0. The van der Waals surface area contributed by atoms with Crippen LogP contribution in [0.2, 0.25) is 0 Å². The molecule has 114 valence electrons. The zero-order valence-corrected chi connectivity index (χ0v) is 13.7. The standard InChI is InChI=1S/C17H24N2OS/c1-3-17(13-18,15-7-5-4-6-8-15)19-21(20)16-11-9-14(2)10-12-16/h9-12,15,19H,3-8H2,1-2H3/t17-,21-/m0/s1. The van der Waals surface area contributed by atoms with Gasteiger partial charge in [-0.05, 0) is 44.2 Å². The van der Waals surface area contributed by atoms with E-state index in [1.807, 2.05) is 38.1 Å². The molecule has 2 atom stereocenters. The Hall–Kier alpha value is -1.18. The first-order valence-corrected chi connectivity index (χ1v) is 8.94. The van der Waals surface area contributed by atoms with Crippen LogP contribution in [-0.4, -0.2) is 9.75 Å². The molecule has 0 bridgehead atoms. The third kappa shape index (κ3) is 3.72. The summed E-state index contributed by atoms with van der Waals surface area (Å²) < 4.78 is 15.7. The summed E-state index contributed by atoms with van der Waals surface area (Å²) in [5.41, 5.74) is 0.473. The summed E-state index contributed by atoms with van der Waals surface area (Å²) in [6, 6.07) is 10.1. The van der Waals surface area contributed by atoms with Crippen LogP contribution < -0.4 is 4.72 Å². The summed E-state index contributed by atoms with van der Waals surface area (Å²) in [5, 5.41) is 9.72. The predicted octanol–water partition coefficient (Wildman–Crippen LogP) is 3.86. The van der Waals surface area contributed by atoms with E-state index in [9.17, 15) is 9.47 Å². The molecule has 0 radical (unpaired) electrons. The molecule has 0 saturated heterocycles. The number of nitrogens with one attached hydrogen (secondary N) is 1. The van der Waals surface area contributed by atoms with Crippen molar-refractivity contribution >= 4 is 11.0 Å². The van der Waals surface area contributed by atoms with Gasteiger partial charge in [0.05, 0.1) is 11.0 Å². The predicted molar refractivity (Wildman–Crippen MR) is 85.9 cm³/mol. The summed E-state index contributed by atoms with van der Waals surface area (Å²) in [4.78, 5) is 0.740. The first-order valence-electron chi connectivity index (χ1n) is 7.79. The molecule has 1 N–H and O–H groups in total. The molecule has 1 saturated carbocycles. The van der Waals surface area contributed by atoms with Crippen LogP contribution in [0.25, 0.3) is 0 Å². The number of benzene rings is 1. The van der Waals surface area contributed by atoms with E-state index in [1.165, 1.54) is 19.3 Å². The van der Waals surface area contributed by atoms with Crippen molar-refractivity contribution in [1.29, 1.82) is 5.26 Å². The first-order chi connectivity index (χ1) is 10.1. The molecule has 0 spiro atoms. The van der Waals surface area contributed by atoms with Crippen LogP contribution >= 0.6 is 0 Å². The van der Waals surface area contributed by atoms with Gasteiger partial charge in [0, 0.05) is 0 Å². The van der Waals surface area contributed by atoms with Crippen molar-refractivity contribution in [3.63, 3.8) is 0 Å². The van der Waals surface area contributed by atoms with Crippen LogP contribution in [0.3, 0.4) is 0 Å². The van der Waals surface area contributed by atoms with Gasteiger partial charge in [0.25, 0.3) is 0 Å². The van der Waals surface area contributed by atoms with Gasteiger partial charge in [0.15, 0.2) is 0 Å². The van der Waals surface area contributed by atoms with Crippen molar-refractivity contribution in [2.75, 3.05) is 0 Å². The second-order valence-corrected chi connectivity index (χ2v) is 7.17. The molecule has 0 aliphatic heterocycles. The average Bonchev–Trinajstić information content (AvgIpc) is 2.54. The maximum absolute atomic E-state index is 12.6. The molecule has 2 rings (SSSR count). The van der Waals surface area contributed by atoms with Crippen LogP contribution in [0.5, 0.6) is 0 Å². The molecule has 4 heteroatoms. The van der Waals surface area contributed by atoms with Gasteiger partial charge in [-0.15, -0.1) is 0 Å². The SMILES string of the molecule is CC[C@@](C#N)(N[S@@](=O)c1ccc(C)cc1)C1CCCCC1. The van der Waals surface area contributed by atoms with Crippen molar-refractivity contribution in [3.05, 3.63) is 29.8 Å². The molecular weight excluding hydrogens is 280 g/mol. The highest BCUT2D eigenvalue weighted by molar-refractivity contribution is 7.83. The maximum atomic E-state index is 12.6. The number of nitriles is 1. The normalized spacial score (nSPS) is 20.4. The van der Waals surface area contributed by atoms with E-state index in [-0.39, 0.29) is 0 Å². The average molecular weight is 304 g/mol. The number of nitrogens with zero attached hydrogens (tertiary/aromatic N) is 1. The van der Waals surface area contributed by atoms with E-state index in [4.69, 9.17) is 0 Å². The molecule has 0 amide bonds. The van der Waals surface area contributed by atoms with Crippen LogP contribution in [0.1, 0.15) is 51.0 Å². The van der Waals surface area contributed by atoms with Crippen LogP contribution in [0, 0.1) is 24.2 Å².